The topological polar surface area (TPSA) is 116 Å². The van der Waals surface area contributed by atoms with Gasteiger partial charge >= 0.3 is 0 Å². The molecule has 0 radical (unpaired) electrons. The molecular formula is C20H21N3O6S2. The van der Waals surface area contributed by atoms with Crippen LogP contribution in [0.15, 0.2) is 52.7 Å². The Morgan fingerprint density at radius 1 is 1.03 bits per heavy atom. The Bertz CT molecular complexity index is 1160. The second kappa shape index (κ2) is 9.77. The zero-order chi connectivity index (χ0) is 22.4. The number of hydrogen-bond acceptors (Lipinski definition) is 8. The van der Waals surface area contributed by atoms with E-state index in [1.54, 1.807) is 42.8 Å². The van der Waals surface area contributed by atoms with Crippen molar-refractivity contribution in [3.05, 3.63) is 58.5 Å². The van der Waals surface area contributed by atoms with Crippen LogP contribution in [0.2, 0.25) is 0 Å². The maximum atomic E-state index is 13.0. The number of carbonyl (C=O) groups excluding carboxylic acids is 1. The minimum atomic E-state index is -4.00. The summed E-state index contributed by atoms with van der Waals surface area (Å²) in [6, 6.07) is 10.8. The smallest absolute Gasteiger partial charge is 0.275 e. The standard InChI is InChI=1S/C20H21N3O6S2/c1-27-11-19-22-16(12-30-19)20(24)21-14-6-9-17(29-3)18(10-14)31(25,26)23-13-4-7-15(28-2)8-5-13/h4-10,12,23H,11H2,1-3H3,(H,21,24). The Labute approximate surface area is 184 Å². The molecule has 0 saturated heterocycles. The number of anilines is 2. The molecule has 1 amide bonds. The first-order valence-electron chi connectivity index (χ1n) is 8.96. The molecule has 0 fully saturated rings. The van der Waals surface area contributed by atoms with Gasteiger partial charge in [0.1, 0.15) is 27.1 Å². The molecule has 31 heavy (non-hydrogen) atoms. The van der Waals surface area contributed by atoms with Gasteiger partial charge in [-0.1, -0.05) is 0 Å². The first-order chi connectivity index (χ1) is 14.9. The summed E-state index contributed by atoms with van der Waals surface area (Å²) in [4.78, 5) is 16.5. The fourth-order valence-corrected chi connectivity index (χ4v) is 4.63. The van der Waals surface area contributed by atoms with Gasteiger partial charge in [0.25, 0.3) is 15.9 Å². The van der Waals surface area contributed by atoms with Crippen molar-refractivity contribution in [1.29, 1.82) is 0 Å². The highest BCUT2D eigenvalue weighted by Crippen LogP contribution is 2.29. The van der Waals surface area contributed by atoms with Gasteiger partial charge in [0, 0.05) is 23.9 Å². The van der Waals surface area contributed by atoms with E-state index in [1.165, 1.54) is 37.7 Å². The van der Waals surface area contributed by atoms with Crippen molar-refractivity contribution in [2.75, 3.05) is 31.4 Å². The van der Waals surface area contributed by atoms with E-state index in [0.717, 1.165) is 0 Å². The highest BCUT2D eigenvalue weighted by Gasteiger charge is 2.21. The van der Waals surface area contributed by atoms with Crippen LogP contribution in [0.25, 0.3) is 0 Å². The van der Waals surface area contributed by atoms with Gasteiger partial charge in [-0.2, -0.15) is 0 Å². The molecule has 9 nitrogen and oxygen atoms in total. The summed E-state index contributed by atoms with van der Waals surface area (Å²) >= 11 is 1.30. The first kappa shape index (κ1) is 22.5. The predicted molar refractivity (Wildman–Crippen MR) is 118 cm³/mol. The van der Waals surface area contributed by atoms with Gasteiger partial charge in [0.05, 0.1) is 20.8 Å². The summed E-state index contributed by atoms with van der Waals surface area (Å²) in [5.74, 6) is 0.270. The number of hydrogen-bond donors (Lipinski definition) is 2. The maximum absolute atomic E-state index is 13.0. The van der Waals surface area contributed by atoms with Crippen LogP contribution in [0.1, 0.15) is 15.5 Å². The minimum absolute atomic E-state index is 0.123. The number of sulfonamides is 1. The number of benzene rings is 2. The van der Waals surface area contributed by atoms with Gasteiger partial charge in [0.15, 0.2) is 0 Å². The monoisotopic (exact) mass is 463 g/mol. The van der Waals surface area contributed by atoms with E-state index in [2.05, 4.69) is 15.0 Å². The van der Waals surface area contributed by atoms with Crippen molar-refractivity contribution < 1.29 is 27.4 Å². The molecule has 0 bridgehead atoms. The Morgan fingerprint density at radius 2 is 1.74 bits per heavy atom. The third-order valence-corrected chi connectivity index (χ3v) is 6.33. The van der Waals surface area contributed by atoms with Crippen LogP contribution >= 0.6 is 11.3 Å². The number of nitrogens with zero attached hydrogens (tertiary/aromatic N) is 1. The molecule has 164 valence electrons. The molecule has 1 heterocycles. The Morgan fingerprint density at radius 3 is 2.39 bits per heavy atom. The van der Waals surface area contributed by atoms with Crippen molar-refractivity contribution in [2.24, 2.45) is 0 Å². The van der Waals surface area contributed by atoms with Gasteiger partial charge in [-0.05, 0) is 42.5 Å². The van der Waals surface area contributed by atoms with Crippen LogP contribution in [-0.2, 0) is 21.4 Å². The summed E-state index contributed by atoms with van der Waals surface area (Å²) in [5, 5.41) is 4.93. The fourth-order valence-electron chi connectivity index (χ4n) is 2.63. The van der Waals surface area contributed by atoms with E-state index < -0.39 is 15.9 Å². The third-order valence-electron chi connectivity index (χ3n) is 4.11. The van der Waals surface area contributed by atoms with Crippen molar-refractivity contribution in [3.63, 3.8) is 0 Å². The lowest BCUT2D eigenvalue weighted by Crippen LogP contribution is -2.16. The second-order valence-corrected chi connectivity index (χ2v) is 8.81. The minimum Gasteiger partial charge on any atom is -0.497 e. The SMILES string of the molecule is COCc1nc(C(=O)Nc2ccc(OC)c(S(=O)(=O)Nc3ccc(OC)cc3)c2)cs1. The largest absolute Gasteiger partial charge is 0.497 e. The highest BCUT2D eigenvalue weighted by atomic mass is 32.2. The molecule has 11 heteroatoms. The number of carbonyl (C=O) groups is 1. The number of rotatable bonds is 9. The zero-order valence-electron chi connectivity index (χ0n) is 17.0. The normalized spacial score (nSPS) is 11.1. The van der Waals surface area contributed by atoms with E-state index >= 15 is 0 Å². The lowest BCUT2D eigenvalue weighted by atomic mass is 10.3. The lowest BCUT2D eigenvalue weighted by Gasteiger charge is -2.14. The van der Waals surface area contributed by atoms with Crippen molar-refractivity contribution in [3.8, 4) is 11.5 Å². The number of aromatic nitrogens is 1. The summed E-state index contributed by atoms with van der Waals surface area (Å²) < 4.78 is 43.7. The van der Waals surface area contributed by atoms with Crippen LogP contribution < -0.4 is 19.5 Å². The molecular weight excluding hydrogens is 442 g/mol. The van der Waals surface area contributed by atoms with Crippen LogP contribution in [-0.4, -0.2) is 40.6 Å². The maximum Gasteiger partial charge on any atom is 0.275 e. The fraction of sp³-hybridized carbons (Fsp3) is 0.200. The molecule has 0 unspecified atom stereocenters. The van der Waals surface area contributed by atoms with Gasteiger partial charge in [-0.3, -0.25) is 9.52 Å². The van der Waals surface area contributed by atoms with Crippen molar-refractivity contribution in [1.82, 2.24) is 4.98 Å². The van der Waals surface area contributed by atoms with E-state index in [1.807, 2.05) is 0 Å². The summed E-state index contributed by atoms with van der Waals surface area (Å²) in [7, 11) is 0.432. The average Bonchev–Trinajstić information content (AvgIpc) is 3.23. The number of ether oxygens (including phenoxy) is 3. The quantitative estimate of drug-likeness (QED) is 0.500. The number of thiazole rings is 1. The number of nitrogens with one attached hydrogen (secondary N) is 2. The molecule has 0 aliphatic rings. The Kier molecular flexibility index (Phi) is 7.10. The molecule has 0 atom stereocenters. The summed E-state index contributed by atoms with van der Waals surface area (Å²) in [6.45, 7) is 0.305. The highest BCUT2D eigenvalue weighted by molar-refractivity contribution is 7.92. The average molecular weight is 464 g/mol. The number of amides is 1. The molecule has 3 aromatic rings. The molecule has 1 aromatic heterocycles. The lowest BCUT2D eigenvalue weighted by molar-refractivity contribution is 0.102. The van der Waals surface area contributed by atoms with Gasteiger partial charge in [-0.15, -0.1) is 11.3 Å². The van der Waals surface area contributed by atoms with Crippen LogP contribution in [0.3, 0.4) is 0 Å². The second-order valence-electron chi connectivity index (χ2n) is 6.21. The van der Waals surface area contributed by atoms with E-state index in [4.69, 9.17) is 14.2 Å². The molecule has 0 spiro atoms. The third kappa shape index (κ3) is 5.51. The van der Waals surface area contributed by atoms with E-state index in [9.17, 15) is 13.2 Å². The molecule has 2 aromatic carbocycles. The molecule has 0 aliphatic carbocycles. The van der Waals surface area contributed by atoms with Crippen molar-refractivity contribution >= 4 is 38.6 Å². The van der Waals surface area contributed by atoms with Crippen molar-refractivity contribution in [2.45, 2.75) is 11.5 Å². The zero-order valence-corrected chi connectivity index (χ0v) is 18.7. The predicted octanol–water partition coefficient (Wildman–Crippen LogP) is 3.36. The van der Waals surface area contributed by atoms with Gasteiger partial charge < -0.3 is 19.5 Å². The Balaban J connectivity index is 1.84. The molecule has 0 saturated carbocycles. The summed E-state index contributed by atoms with van der Waals surface area (Å²) in [6.07, 6.45) is 0. The Hall–Kier alpha value is -3.15. The molecule has 2 N–H and O–H groups in total. The van der Waals surface area contributed by atoms with Crippen LogP contribution in [0.5, 0.6) is 11.5 Å². The van der Waals surface area contributed by atoms with E-state index in [0.29, 0.717) is 23.1 Å². The van der Waals surface area contributed by atoms with Crippen LogP contribution in [0.4, 0.5) is 11.4 Å². The number of methoxy groups -OCH3 is 3. The van der Waals surface area contributed by atoms with E-state index in [-0.39, 0.29) is 22.0 Å². The van der Waals surface area contributed by atoms with Crippen LogP contribution in [0, 0.1) is 0 Å². The molecule has 0 aliphatic heterocycles. The molecule has 3 rings (SSSR count). The van der Waals surface area contributed by atoms with Gasteiger partial charge in [-0.25, -0.2) is 13.4 Å². The summed E-state index contributed by atoms with van der Waals surface area (Å²) in [5.41, 5.74) is 0.848. The van der Waals surface area contributed by atoms with Gasteiger partial charge in [0.2, 0.25) is 0 Å². The first-order valence-corrected chi connectivity index (χ1v) is 11.3.